The van der Waals surface area contributed by atoms with Crippen LogP contribution in [0, 0.1) is 0 Å². The van der Waals surface area contributed by atoms with Crippen molar-refractivity contribution >= 4 is 35.0 Å². The van der Waals surface area contributed by atoms with Crippen LogP contribution in [0.25, 0.3) is 0 Å². The first-order valence-electron chi connectivity index (χ1n) is 10.8. The Hall–Kier alpha value is -1.07. The van der Waals surface area contributed by atoms with Gasteiger partial charge in [0.1, 0.15) is 54.3 Å². The molecule has 0 aliphatic carbocycles. The van der Waals surface area contributed by atoms with Crippen LogP contribution in [0.4, 0.5) is 5.69 Å². The van der Waals surface area contributed by atoms with Gasteiger partial charge in [0.15, 0.2) is 6.29 Å². The lowest BCUT2D eigenvalue weighted by Gasteiger charge is -2.46. The van der Waals surface area contributed by atoms with Gasteiger partial charge < -0.3 is 55.3 Å². The first-order chi connectivity index (χ1) is 16.6. The molecule has 2 heterocycles. The van der Waals surface area contributed by atoms with Crippen molar-refractivity contribution in [2.24, 2.45) is 0 Å². The largest absolute Gasteiger partial charge is 0.394 e. The summed E-state index contributed by atoms with van der Waals surface area (Å²) in [6.45, 7) is 0.0627. The van der Waals surface area contributed by atoms with Gasteiger partial charge in [-0.3, -0.25) is 4.79 Å². The SMILES string of the molecule is CC(=O)Nc1cc(CS[C@@H]2O[C@H](CO)[C@@H](O[C@H]3O[C@H](CO)[C@@H](O)[C@H](O)[C@H]3O)[C@H](O)[C@H]2O)ccc1Cl. The van der Waals surface area contributed by atoms with Gasteiger partial charge in [0, 0.05) is 12.7 Å². The molecule has 0 aromatic heterocycles. The number of rotatable bonds is 8. The summed E-state index contributed by atoms with van der Waals surface area (Å²) < 4.78 is 16.6. The second-order valence-corrected chi connectivity index (χ2v) is 9.80. The minimum atomic E-state index is -1.73. The van der Waals surface area contributed by atoms with Gasteiger partial charge in [-0.05, 0) is 17.7 Å². The van der Waals surface area contributed by atoms with Crippen molar-refractivity contribution in [3.05, 3.63) is 28.8 Å². The Labute approximate surface area is 210 Å². The minimum Gasteiger partial charge on any atom is -0.394 e. The predicted octanol–water partition coefficient (Wildman–Crippen LogP) is -1.84. The number of hydrogen-bond acceptors (Lipinski definition) is 12. The van der Waals surface area contributed by atoms with E-state index in [0.29, 0.717) is 16.5 Å². The molecule has 3 rings (SSSR count). The predicted molar refractivity (Wildman–Crippen MR) is 123 cm³/mol. The van der Waals surface area contributed by atoms with Crippen molar-refractivity contribution in [3.63, 3.8) is 0 Å². The van der Waals surface area contributed by atoms with Crippen LogP contribution in [0.5, 0.6) is 0 Å². The number of hydrogen-bond donors (Lipinski definition) is 8. The van der Waals surface area contributed by atoms with Crippen LogP contribution >= 0.6 is 23.4 Å². The third kappa shape index (κ3) is 6.63. The van der Waals surface area contributed by atoms with Crippen molar-refractivity contribution < 1.29 is 54.8 Å². The molecule has 2 aliphatic rings. The lowest BCUT2D eigenvalue weighted by molar-refractivity contribution is -0.338. The van der Waals surface area contributed by atoms with Crippen molar-refractivity contribution in [1.82, 2.24) is 0 Å². The van der Waals surface area contributed by atoms with Gasteiger partial charge in [0.2, 0.25) is 5.91 Å². The summed E-state index contributed by atoms with van der Waals surface area (Å²) in [5.41, 5.74) is 0.189. The van der Waals surface area contributed by atoms with Crippen LogP contribution in [0.3, 0.4) is 0 Å². The fraction of sp³-hybridized carbons (Fsp3) is 0.667. The van der Waals surface area contributed by atoms with E-state index in [1.165, 1.54) is 6.92 Å². The molecule has 35 heavy (non-hydrogen) atoms. The van der Waals surface area contributed by atoms with Gasteiger partial charge in [-0.2, -0.15) is 0 Å². The van der Waals surface area contributed by atoms with Crippen molar-refractivity contribution in [1.29, 1.82) is 0 Å². The normalized spacial score (nSPS) is 37.7. The molecule has 198 valence electrons. The van der Waals surface area contributed by atoms with Gasteiger partial charge in [-0.25, -0.2) is 0 Å². The molecule has 0 bridgehead atoms. The van der Waals surface area contributed by atoms with E-state index in [9.17, 15) is 40.5 Å². The Morgan fingerprint density at radius 1 is 1.00 bits per heavy atom. The highest BCUT2D eigenvalue weighted by Gasteiger charge is 2.50. The van der Waals surface area contributed by atoms with Crippen LogP contribution in [-0.2, 0) is 24.8 Å². The van der Waals surface area contributed by atoms with Gasteiger partial charge in [0.05, 0.1) is 23.9 Å². The zero-order chi connectivity index (χ0) is 25.9. The number of aliphatic hydroxyl groups excluding tert-OH is 7. The number of nitrogens with one attached hydrogen (secondary N) is 1. The number of thioether (sulfide) groups is 1. The number of anilines is 1. The van der Waals surface area contributed by atoms with Gasteiger partial charge in [-0.1, -0.05) is 17.7 Å². The molecule has 0 unspecified atom stereocenters. The number of amides is 1. The number of ether oxygens (including phenoxy) is 3. The van der Waals surface area contributed by atoms with E-state index in [4.69, 9.17) is 25.8 Å². The molecule has 0 saturated carbocycles. The average molecular weight is 540 g/mol. The number of carbonyl (C=O) groups is 1. The fourth-order valence-corrected chi connectivity index (χ4v) is 5.10. The Kier molecular flexibility index (Phi) is 10.1. The molecule has 12 nitrogen and oxygen atoms in total. The second kappa shape index (κ2) is 12.4. The van der Waals surface area contributed by atoms with Crippen LogP contribution in [0.1, 0.15) is 12.5 Å². The van der Waals surface area contributed by atoms with Crippen LogP contribution in [-0.4, -0.2) is 115 Å². The topological polar surface area (TPSA) is 198 Å². The summed E-state index contributed by atoms with van der Waals surface area (Å²) in [4.78, 5) is 11.3. The standard InChI is InChI=1S/C21H30ClNO11S/c1-8(26)23-11-4-9(2-3-10(11)22)7-35-21-18(31)16(29)19(13(6-25)33-21)34-20-17(30)15(28)14(27)12(5-24)32-20/h2-4,12-21,24-25,27-31H,5-7H2,1H3,(H,23,26)/t12-,13-,14-,15+,16-,17-,18-,19-,20-,21+/m1/s1. The quantitative estimate of drug-likeness (QED) is 0.184. The lowest BCUT2D eigenvalue weighted by atomic mass is 9.97. The molecule has 0 radical (unpaired) electrons. The maximum absolute atomic E-state index is 11.3. The van der Waals surface area contributed by atoms with E-state index in [-0.39, 0.29) is 5.91 Å². The summed E-state index contributed by atoms with van der Waals surface area (Å²) in [7, 11) is 0. The third-order valence-electron chi connectivity index (χ3n) is 5.72. The van der Waals surface area contributed by atoms with Crippen molar-refractivity contribution in [3.8, 4) is 0 Å². The number of aliphatic hydroxyl groups is 7. The van der Waals surface area contributed by atoms with Gasteiger partial charge in [0.25, 0.3) is 0 Å². The minimum absolute atomic E-state index is 0.290. The smallest absolute Gasteiger partial charge is 0.221 e. The molecule has 2 fully saturated rings. The lowest BCUT2D eigenvalue weighted by Crippen LogP contribution is -2.64. The maximum atomic E-state index is 11.3. The van der Waals surface area contributed by atoms with Crippen LogP contribution in [0.15, 0.2) is 18.2 Å². The number of benzene rings is 1. The van der Waals surface area contributed by atoms with Gasteiger partial charge >= 0.3 is 0 Å². The Morgan fingerprint density at radius 2 is 1.69 bits per heavy atom. The molecule has 1 amide bonds. The highest BCUT2D eigenvalue weighted by molar-refractivity contribution is 7.99. The molecule has 8 N–H and O–H groups in total. The molecule has 14 heteroatoms. The zero-order valence-corrected chi connectivity index (χ0v) is 20.2. The second-order valence-electron chi connectivity index (χ2n) is 8.31. The zero-order valence-electron chi connectivity index (χ0n) is 18.7. The molecule has 2 aliphatic heterocycles. The Bertz CT molecular complexity index is 863. The van der Waals surface area contributed by atoms with Crippen LogP contribution in [0.2, 0.25) is 5.02 Å². The first-order valence-corrected chi connectivity index (χ1v) is 12.3. The summed E-state index contributed by atoms with van der Waals surface area (Å²) in [6.07, 6.45) is -13.4. The van der Waals surface area contributed by atoms with E-state index in [1.54, 1.807) is 18.2 Å². The highest BCUT2D eigenvalue weighted by Crippen LogP contribution is 2.34. The summed E-state index contributed by atoms with van der Waals surface area (Å²) in [5.74, 6) is 0.0105. The van der Waals surface area contributed by atoms with E-state index in [1.807, 2.05) is 0 Å². The van der Waals surface area contributed by atoms with Crippen LogP contribution < -0.4 is 5.32 Å². The monoisotopic (exact) mass is 539 g/mol. The number of carbonyl (C=O) groups excluding carboxylic acids is 1. The highest BCUT2D eigenvalue weighted by atomic mass is 35.5. The molecule has 1 aromatic carbocycles. The summed E-state index contributed by atoms with van der Waals surface area (Å²) >= 11 is 7.21. The summed E-state index contributed by atoms with van der Waals surface area (Å²) in [6, 6.07) is 4.99. The molecule has 1 aromatic rings. The summed E-state index contributed by atoms with van der Waals surface area (Å²) in [5, 5.41) is 73.5. The van der Waals surface area contributed by atoms with Gasteiger partial charge in [-0.15, -0.1) is 11.8 Å². The molecule has 0 spiro atoms. The molecular weight excluding hydrogens is 510 g/mol. The van der Waals surface area contributed by atoms with E-state index in [2.05, 4.69) is 5.32 Å². The molecule has 10 atom stereocenters. The first kappa shape index (κ1) is 28.5. The van der Waals surface area contributed by atoms with E-state index in [0.717, 1.165) is 17.3 Å². The Morgan fingerprint density at radius 3 is 2.31 bits per heavy atom. The average Bonchev–Trinajstić information content (AvgIpc) is 2.83. The Balaban J connectivity index is 1.66. The van der Waals surface area contributed by atoms with E-state index < -0.39 is 73.8 Å². The number of halogens is 1. The molecular formula is C21H30ClNO11S. The van der Waals surface area contributed by atoms with Crippen molar-refractivity contribution in [2.45, 2.75) is 73.2 Å². The third-order valence-corrected chi connectivity index (χ3v) is 7.26. The fourth-order valence-electron chi connectivity index (χ4n) is 3.82. The maximum Gasteiger partial charge on any atom is 0.221 e. The van der Waals surface area contributed by atoms with Crippen molar-refractivity contribution in [2.75, 3.05) is 18.5 Å². The molecule has 2 saturated heterocycles. The van der Waals surface area contributed by atoms with E-state index >= 15 is 0 Å².